The number of ether oxygens (including phenoxy) is 1. The summed E-state index contributed by atoms with van der Waals surface area (Å²) in [6.45, 7) is 0. The van der Waals surface area contributed by atoms with Crippen LogP contribution in [0.5, 0.6) is 5.75 Å². The first kappa shape index (κ1) is 9.26. The third-order valence-corrected chi connectivity index (χ3v) is 2.20. The quantitative estimate of drug-likeness (QED) is 0.738. The number of nitrogens with zero attached hydrogens (tertiary/aromatic N) is 1. The van der Waals surface area contributed by atoms with Gasteiger partial charge in [0.05, 0.1) is 16.2 Å². The molecule has 1 aromatic rings. The summed E-state index contributed by atoms with van der Waals surface area (Å²) in [5.74, 6) is -0.0955. The van der Waals surface area contributed by atoms with Crippen LogP contribution in [0.15, 0.2) is 12.1 Å². The molecule has 0 spiro atoms. The summed E-state index contributed by atoms with van der Waals surface area (Å²) < 4.78 is 18.5. The molecule has 1 aromatic carbocycles. The third-order valence-electron chi connectivity index (χ3n) is 1.36. The Morgan fingerprint density at radius 2 is 2.25 bits per heavy atom. The van der Waals surface area contributed by atoms with Crippen molar-refractivity contribution in [1.82, 2.24) is 0 Å². The van der Waals surface area contributed by atoms with E-state index in [1.807, 2.05) is 22.6 Å². The van der Waals surface area contributed by atoms with Gasteiger partial charge in [0.1, 0.15) is 17.6 Å². The Labute approximate surface area is 83.1 Å². The maximum absolute atomic E-state index is 12.9. The van der Waals surface area contributed by atoms with Gasteiger partial charge in [-0.05, 0) is 28.7 Å². The minimum Gasteiger partial charge on any atom is -0.496 e. The van der Waals surface area contributed by atoms with Crippen molar-refractivity contribution < 1.29 is 9.13 Å². The first-order chi connectivity index (χ1) is 5.69. The molecule has 1 rings (SSSR count). The van der Waals surface area contributed by atoms with E-state index in [4.69, 9.17) is 10.00 Å². The van der Waals surface area contributed by atoms with Gasteiger partial charge >= 0.3 is 0 Å². The number of hydrogen-bond acceptors (Lipinski definition) is 2. The lowest BCUT2D eigenvalue weighted by Gasteiger charge is -2.02. The molecule has 62 valence electrons. The largest absolute Gasteiger partial charge is 0.496 e. The van der Waals surface area contributed by atoms with Crippen molar-refractivity contribution in [2.75, 3.05) is 7.11 Å². The first-order valence-electron chi connectivity index (χ1n) is 3.12. The number of halogens is 2. The molecule has 0 radical (unpaired) electrons. The second-order valence-electron chi connectivity index (χ2n) is 2.08. The third kappa shape index (κ3) is 1.67. The fourth-order valence-electron chi connectivity index (χ4n) is 0.771. The molecule has 0 saturated carbocycles. The summed E-state index contributed by atoms with van der Waals surface area (Å²) in [6.07, 6.45) is 0. The van der Waals surface area contributed by atoms with E-state index in [0.29, 0.717) is 5.75 Å². The van der Waals surface area contributed by atoms with Gasteiger partial charge in [0, 0.05) is 6.07 Å². The summed E-state index contributed by atoms with van der Waals surface area (Å²) in [7, 11) is 1.46. The molecule has 0 atom stereocenters. The topological polar surface area (TPSA) is 33.0 Å². The normalized spacial score (nSPS) is 9.17. The van der Waals surface area contributed by atoms with Gasteiger partial charge in [-0.3, -0.25) is 0 Å². The van der Waals surface area contributed by atoms with Crippen molar-refractivity contribution in [1.29, 1.82) is 5.26 Å². The summed E-state index contributed by atoms with van der Waals surface area (Å²) in [5, 5.41) is 8.47. The fourth-order valence-corrected chi connectivity index (χ4v) is 1.46. The van der Waals surface area contributed by atoms with Crippen molar-refractivity contribution in [3.8, 4) is 11.8 Å². The van der Waals surface area contributed by atoms with Crippen LogP contribution < -0.4 is 4.74 Å². The van der Waals surface area contributed by atoms with Crippen LogP contribution in [0.1, 0.15) is 5.56 Å². The van der Waals surface area contributed by atoms with Crippen molar-refractivity contribution in [2.45, 2.75) is 0 Å². The average molecular weight is 277 g/mol. The summed E-state index contributed by atoms with van der Waals surface area (Å²) >= 11 is 1.98. The number of methoxy groups -OCH3 is 1. The molecule has 0 aliphatic rings. The summed E-state index contributed by atoms with van der Waals surface area (Å²) in [5.41, 5.74) is 0.0419. The van der Waals surface area contributed by atoms with Gasteiger partial charge in [0.25, 0.3) is 0 Å². The van der Waals surface area contributed by atoms with Gasteiger partial charge in [0.2, 0.25) is 0 Å². The lowest BCUT2D eigenvalue weighted by atomic mass is 10.2. The number of hydrogen-bond donors (Lipinski definition) is 0. The zero-order chi connectivity index (χ0) is 9.14. The van der Waals surface area contributed by atoms with E-state index in [1.54, 1.807) is 6.07 Å². The molecule has 0 aromatic heterocycles. The Balaban J connectivity index is 3.28. The highest BCUT2D eigenvalue weighted by Crippen LogP contribution is 2.23. The van der Waals surface area contributed by atoms with Gasteiger partial charge in [-0.1, -0.05) is 0 Å². The molecule has 0 heterocycles. The number of nitriles is 1. The number of benzene rings is 1. The minimum atomic E-state index is -0.547. The summed E-state index contributed by atoms with van der Waals surface area (Å²) in [6, 6.07) is 4.41. The molecule has 0 aliphatic heterocycles. The highest BCUT2D eigenvalue weighted by atomic mass is 127. The van der Waals surface area contributed by atoms with E-state index in [2.05, 4.69) is 0 Å². The highest BCUT2D eigenvalue weighted by Gasteiger charge is 2.07. The van der Waals surface area contributed by atoms with Gasteiger partial charge in [-0.25, -0.2) is 4.39 Å². The zero-order valence-electron chi connectivity index (χ0n) is 6.27. The smallest absolute Gasteiger partial charge is 0.144 e. The molecule has 0 aliphatic carbocycles. The Morgan fingerprint density at radius 3 is 2.75 bits per heavy atom. The summed E-state index contributed by atoms with van der Waals surface area (Å²) in [4.78, 5) is 0. The molecular weight excluding hydrogens is 272 g/mol. The van der Waals surface area contributed by atoms with Gasteiger partial charge in [-0.2, -0.15) is 5.26 Å². The SMILES string of the molecule is COc1cc(F)c(C#N)cc1I. The minimum absolute atomic E-state index is 0.0419. The Hall–Kier alpha value is -0.830. The molecule has 0 fully saturated rings. The van der Waals surface area contributed by atoms with E-state index in [0.717, 1.165) is 3.57 Å². The first-order valence-corrected chi connectivity index (χ1v) is 4.20. The fraction of sp³-hybridized carbons (Fsp3) is 0.125. The van der Waals surface area contributed by atoms with E-state index in [1.165, 1.54) is 19.2 Å². The Kier molecular flexibility index (Phi) is 2.87. The highest BCUT2D eigenvalue weighted by molar-refractivity contribution is 14.1. The maximum atomic E-state index is 12.9. The van der Waals surface area contributed by atoms with Crippen molar-refractivity contribution in [3.63, 3.8) is 0 Å². The van der Waals surface area contributed by atoms with Crippen LogP contribution in [0.2, 0.25) is 0 Å². The predicted molar refractivity (Wildman–Crippen MR) is 50.4 cm³/mol. The van der Waals surface area contributed by atoms with Crippen LogP contribution in [0, 0.1) is 20.7 Å². The van der Waals surface area contributed by atoms with Crippen molar-refractivity contribution in [3.05, 3.63) is 27.1 Å². The maximum Gasteiger partial charge on any atom is 0.144 e. The van der Waals surface area contributed by atoms with E-state index >= 15 is 0 Å². The molecule has 2 nitrogen and oxygen atoms in total. The molecule has 4 heteroatoms. The lowest BCUT2D eigenvalue weighted by Crippen LogP contribution is -1.91. The van der Waals surface area contributed by atoms with E-state index in [9.17, 15) is 4.39 Å². The van der Waals surface area contributed by atoms with Gasteiger partial charge in [0.15, 0.2) is 0 Å². The molecule has 12 heavy (non-hydrogen) atoms. The zero-order valence-corrected chi connectivity index (χ0v) is 8.42. The second kappa shape index (κ2) is 3.72. The molecule has 0 saturated heterocycles. The Morgan fingerprint density at radius 1 is 1.58 bits per heavy atom. The molecular formula is C8H5FINO. The monoisotopic (exact) mass is 277 g/mol. The van der Waals surface area contributed by atoms with Gasteiger partial charge < -0.3 is 4.74 Å². The van der Waals surface area contributed by atoms with Crippen LogP contribution in [-0.2, 0) is 0 Å². The van der Waals surface area contributed by atoms with Crippen LogP contribution in [0.4, 0.5) is 4.39 Å². The van der Waals surface area contributed by atoms with Gasteiger partial charge in [-0.15, -0.1) is 0 Å². The molecule has 0 N–H and O–H groups in total. The second-order valence-corrected chi connectivity index (χ2v) is 3.24. The van der Waals surface area contributed by atoms with Crippen molar-refractivity contribution in [2.24, 2.45) is 0 Å². The van der Waals surface area contributed by atoms with Crippen LogP contribution >= 0.6 is 22.6 Å². The van der Waals surface area contributed by atoms with E-state index in [-0.39, 0.29) is 5.56 Å². The van der Waals surface area contributed by atoms with Crippen LogP contribution in [0.3, 0.4) is 0 Å². The standard InChI is InChI=1S/C8H5FINO/c1-12-8-3-6(9)5(4-11)2-7(8)10/h2-3H,1H3. The van der Waals surface area contributed by atoms with Crippen molar-refractivity contribution >= 4 is 22.6 Å². The molecule has 0 unspecified atom stereocenters. The van der Waals surface area contributed by atoms with Crippen LogP contribution in [-0.4, -0.2) is 7.11 Å². The molecule has 0 amide bonds. The number of rotatable bonds is 1. The Bertz CT molecular complexity index is 345. The lowest BCUT2D eigenvalue weighted by molar-refractivity contribution is 0.408. The molecule has 0 bridgehead atoms. The predicted octanol–water partition coefficient (Wildman–Crippen LogP) is 2.31. The van der Waals surface area contributed by atoms with E-state index < -0.39 is 5.82 Å². The van der Waals surface area contributed by atoms with Crippen LogP contribution in [0.25, 0.3) is 0 Å². The average Bonchev–Trinajstić information content (AvgIpc) is 2.08.